The molecule has 3 aromatic rings. The van der Waals surface area contributed by atoms with Gasteiger partial charge >= 0.3 is 0 Å². The standard InChI is InChI=1S/C14H21NOS.C12H14N2/c1-3-10-15(11-4-2)14(16)17-12-13-8-6-5-7-9-13;1-13-7-3-11(4-8-13)12-5-9-14(2)10-6-12/h5-9H,3-4,10-12H2,1-2H3;3-10H,1-2H3/q;+2. The van der Waals surface area contributed by atoms with Crippen LogP contribution in [0.5, 0.6) is 0 Å². The average molecular weight is 438 g/mol. The first-order valence-electron chi connectivity index (χ1n) is 10.9. The molecule has 0 bridgehead atoms. The molecule has 0 saturated heterocycles. The molecule has 1 amide bonds. The van der Waals surface area contributed by atoms with E-state index >= 15 is 0 Å². The first-order valence-corrected chi connectivity index (χ1v) is 11.9. The fourth-order valence-corrected chi connectivity index (χ4v) is 3.88. The zero-order valence-corrected chi connectivity index (χ0v) is 20.0. The van der Waals surface area contributed by atoms with Crippen LogP contribution in [-0.4, -0.2) is 23.2 Å². The molecule has 0 saturated carbocycles. The lowest BCUT2D eigenvalue weighted by Crippen LogP contribution is -2.29. The van der Waals surface area contributed by atoms with Crippen molar-refractivity contribution in [3.8, 4) is 11.1 Å². The van der Waals surface area contributed by atoms with Crippen molar-refractivity contribution in [3.63, 3.8) is 0 Å². The molecule has 31 heavy (non-hydrogen) atoms. The highest BCUT2D eigenvalue weighted by molar-refractivity contribution is 8.12. The highest BCUT2D eigenvalue weighted by Crippen LogP contribution is 2.17. The van der Waals surface area contributed by atoms with Crippen LogP contribution < -0.4 is 9.13 Å². The SMILES string of the molecule is CCCN(CCC)C(=O)SCc1ccccc1.C[n+]1ccc(-c2cc[n+](C)cc2)cc1. The summed E-state index contributed by atoms with van der Waals surface area (Å²) in [5.41, 5.74) is 3.71. The zero-order chi connectivity index (χ0) is 22.5. The Balaban J connectivity index is 0.000000224. The number of aromatic nitrogens is 2. The minimum absolute atomic E-state index is 0.206. The summed E-state index contributed by atoms with van der Waals surface area (Å²) in [4.78, 5) is 13.9. The van der Waals surface area contributed by atoms with Gasteiger partial charge in [-0.25, -0.2) is 9.13 Å². The molecule has 0 aliphatic heterocycles. The summed E-state index contributed by atoms with van der Waals surface area (Å²) < 4.78 is 4.07. The maximum Gasteiger partial charge on any atom is 0.281 e. The van der Waals surface area contributed by atoms with E-state index in [-0.39, 0.29) is 5.24 Å². The van der Waals surface area contributed by atoms with E-state index in [1.807, 2.05) is 46.3 Å². The van der Waals surface area contributed by atoms with Crippen molar-refractivity contribution in [2.24, 2.45) is 14.1 Å². The fourth-order valence-electron chi connectivity index (χ4n) is 3.03. The third-order valence-corrected chi connectivity index (χ3v) is 5.72. The van der Waals surface area contributed by atoms with E-state index in [0.29, 0.717) is 0 Å². The number of pyridine rings is 2. The van der Waals surface area contributed by atoms with Gasteiger partial charge in [0.25, 0.3) is 5.24 Å². The average Bonchev–Trinajstić information content (AvgIpc) is 2.80. The summed E-state index contributed by atoms with van der Waals surface area (Å²) in [5, 5.41) is 0.206. The Morgan fingerprint density at radius 3 is 1.65 bits per heavy atom. The highest BCUT2D eigenvalue weighted by Gasteiger charge is 2.12. The van der Waals surface area contributed by atoms with Crippen molar-refractivity contribution in [2.75, 3.05) is 13.1 Å². The first kappa shape index (κ1) is 24.6. The van der Waals surface area contributed by atoms with Crippen LogP contribution in [0.4, 0.5) is 4.79 Å². The smallest absolute Gasteiger partial charge is 0.281 e. The molecule has 0 fully saturated rings. The molecule has 0 aliphatic rings. The van der Waals surface area contributed by atoms with E-state index in [2.05, 4.69) is 75.0 Å². The minimum Gasteiger partial charge on any atom is -0.334 e. The quantitative estimate of drug-likeness (QED) is 0.477. The van der Waals surface area contributed by atoms with Gasteiger partial charge < -0.3 is 4.90 Å². The molecule has 2 aromatic heterocycles. The normalized spacial score (nSPS) is 10.2. The number of hydrogen-bond acceptors (Lipinski definition) is 2. The second-order valence-electron chi connectivity index (χ2n) is 7.53. The Kier molecular flexibility index (Phi) is 10.8. The summed E-state index contributed by atoms with van der Waals surface area (Å²) in [7, 11) is 4.05. The van der Waals surface area contributed by atoms with Crippen molar-refractivity contribution < 1.29 is 13.9 Å². The summed E-state index contributed by atoms with van der Waals surface area (Å²) in [5.74, 6) is 0.767. The number of aryl methyl sites for hydroxylation is 2. The minimum atomic E-state index is 0.206. The summed E-state index contributed by atoms with van der Waals surface area (Å²) in [6.07, 6.45) is 10.3. The van der Waals surface area contributed by atoms with Gasteiger partial charge in [-0.15, -0.1) is 0 Å². The summed E-state index contributed by atoms with van der Waals surface area (Å²) in [6, 6.07) is 18.6. The number of rotatable bonds is 7. The maximum atomic E-state index is 12.0. The van der Waals surface area contributed by atoms with Gasteiger partial charge in [-0.1, -0.05) is 55.9 Å². The molecule has 3 rings (SSSR count). The molecule has 5 heteroatoms. The second kappa shape index (κ2) is 13.6. The van der Waals surface area contributed by atoms with Crippen LogP contribution in [0.2, 0.25) is 0 Å². The first-order chi connectivity index (χ1) is 15.0. The Bertz CT molecular complexity index is 847. The van der Waals surface area contributed by atoms with Gasteiger partial charge in [0.2, 0.25) is 0 Å². The molecule has 0 spiro atoms. The van der Waals surface area contributed by atoms with Crippen LogP contribution in [-0.2, 0) is 19.8 Å². The summed E-state index contributed by atoms with van der Waals surface area (Å²) >= 11 is 1.40. The molecule has 2 heterocycles. The van der Waals surface area contributed by atoms with Crippen molar-refractivity contribution in [1.29, 1.82) is 0 Å². The van der Waals surface area contributed by atoms with Crippen LogP contribution >= 0.6 is 11.8 Å². The number of nitrogens with zero attached hydrogens (tertiary/aromatic N) is 3. The monoisotopic (exact) mass is 437 g/mol. The number of amides is 1. The molecule has 1 aromatic carbocycles. The molecule has 4 nitrogen and oxygen atoms in total. The number of carbonyl (C=O) groups is 1. The van der Waals surface area contributed by atoms with Gasteiger partial charge in [0.15, 0.2) is 24.8 Å². The largest absolute Gasteiger partial charge is 0.334 e. The fraction of sp³-hybridized carbons (Fsp3) is 0.346. The van der Waals surface area contributed by atoms with E-state index in [1.54, 1.807) is 0 Å². The highest BCUT2D eigenvalue weighted by atomic mass is 32.2. The van der Waals surface area contributed by atoms with Gasteiger partial charge in [0.05, 0.1) is 0 Å². The molecule has 0 unspecified atom stereocenters. The van der Waals surface area contributed by atoms with Gasteiger partial charge in [-0.05, 0) is 29.5 Å². The van der Waals surface area contributed by atoms with Crippen LogP contribution in [0.1, 0.15) is 32.3 Å². The van der Waals surface area contributed by atoms with E-state index in [9.17, 15) is 4.79 Å². The van der Waals surface area contributed by atoms with Crippen LogP contribution in [0, 0.1) is 0 Å². The van der Waals surface area contributed by atoms with Gasteiger partial charge in [-0.2, -0.15) is 0 Å². The van der Waals surface area contributed by atoms with Crippen LogP contribution in [0.25, 0.3) is 11.1 Å². The van der Waals surface area contributed by atoms with Crippen molar-refractivity contribution in [2.45, 2.75) is 32.4 Å². The second-order valence-corrected chi connectivity index (χ2v) is 8.46. The third-order valence-electron chi connectivity index (χ3n) is 4.74. The molecule has 164 valence electrons. The van der Waals surface area contributed by atoms with Crippen LogP contribution in [0.15, 0.2) is 79.4 Å². The van der Waals surface area contributed by atoms with Gasteiger partial charge in [0.1, 0.15) is 14.1 Å². The molecular weight excluding hydrogens is 402 g/mol. The predicted octanol–water partition coefficient (Wildman–Crippen LogP) is 5.16. The Morgan fingerprint density at radius 1 is 0.774 bits per heavy atom. The maximum absolute atomic E-state index is 12.0. The van der Waals surface area contributed by atoms with E-state index in [1.165, 1.54) is 28.5 Å². The van der Waals surface area contributed by atoms with Gasteiger partial charge in [0, 0.05) is 43.1 Å². The Hall–Kier alpha value is -2.66. The molecular formula is C26H35N3OS+2. The van der Waals surface area contributed by atoms with E-state index in [0.717, 1.165) is 31.7 Å². The topological polar surface area (TPSA) is 28.1 Å². The van der Waals surface area contributed by atoms with Crippen LogP contribution in [0.3, 0.4) is 0 Å². The molecule has 0 atom stereocenters. The van der Waals surface area contributed by atoms with E-state index < -0.39 is 0 Å². The Morgan fingerprint density at radius 2 is 1.23 bits per heavy atom. The number of thioether (sulfide) groups is 1. The molecule has 0 radical (unpaired) electrons. The number of benzene rings is 1. The number of carbonyl (C=O) groups excluding carboxylic acids is 1. The van der Waals surface area contributed by atoms with E-state index in [4.69, 9.17) is 0 Å². The molecule has 0 N–H and O–H groups in total. The lowest BCUT2D eigenvalue weighted by Gasteiger charge is -2.20. The van der Waals surface area contributed by atoms with Crippen molar-refractivity contribution >= 4 is 17.0 Å². The predicted molar refractivity (Wildman–Crippen MR) is 130 cm³/mol. The van der Waals surface area contributed by atoms with Crippen molar-refractivity contribution in [3.05, 3.63) is 84.9 Å². The third kappa shape index (κ3) is 8.93. The Labute approximate surface area is 191 Å². The zero-order valence-electron chi connectivity index (χ0n) is 19.2. The van der Waals surface area contributed by atoms with Gasteiger partial charge in [-0.3, -0.25) is 4.79 Å². The lowest BCUT2D eigenvalue weighted by atomic mass is 10.1. The lowest BCUT2D eigenvalue weighted by molar-refractivity contribution is -0.671. The molecule has 0 aliphatic carbocycles. The number of hydrogen-bond donors (Lipinski definition) is 0. The summed E-state index contributed by atoms with van der Waals surface area (Å²) in [6.45, 7) is 5.96. The van der Waals surface area contributed by atoms with Crippen molar-refractivity contribution in [1.82, 2.24) is 4.90 Å².